The van der Waals surface area contributed by atoms with Crippen molar-refractivity contribution >= 4 is 17.7 Å². The lowest BCUT2D eigenvalue weighted by Crippen LogP contribution is -2.30. The molecule has 0 fully saturated rings. The summed E-state index contributed by atoms with van der Waals surface area (Å²) in [5, 5.41) is 0. The molecule has 0 aliphatic carbocycles. The first-order chi connectivity index (χ1) is 9.47. The van der Waals surface area contributed by atoms with Crippen LogP contribution >= 0.6 is 11.8 Å². The van der Waals surface area contributed by atoms with Crippen LogP contribution in [0.4, 0.5) is 0 Å². The van der Waals surface area contributed by atoms with Gasteiger partial charge in [0.1, 0.15) is 0 Å². The number of ether oxygens (including phenoxy) is 1. The van der Waals surface area contributed by atoms with E-state index in [1.165, 1.54) is 6.07 Å². The van der Waals surface area contributed by atoms with E-state index >= 15 is 0 Å². The zero-order valence-corrected chi connectivity index (χ0v) is 13.7. The van der Waals surface area contributed by atoms with Crippen LogP contribution in [-0.4, -0.2) is 29.2 Å². The fraction of sp³-hybridized carbons (Fsp3) is 0.600. The van der Waals surface area contributed by atoms with E-state index in [1.54, 1.807) is 30.2 Å². The number of aryl methyl sites for hydroxylation is 1. The minimum absolute atomic E-state index is 0.0473. The number of carbonyl (C=O) groups is 1. The molecular formula is C15H23NO3S. The SMILES string of the molecule is CCOC(=O)c1c(C)cc(=O)n(C(CC)CSC)c1C. The molecular weight excluding hydrogens is 274 g/mol. The van der Waals surface area contributed by atoms with Crippen LogP contribution in [0.5, 0.6) is 0 Å². The number of hydrogen-bond donors (Lipinski definition) is 0. The molecule has 0 radical (unpaired) electrons. The Morgan fingerprint density at radius 1 is 1.40 bits per heavy atom. The van der Waals surface area contributed by atoms with Crippen LogP contribution in [0.1, 0.15) is 47.9 Å². The minimum Gasteiger partial charge on any atom is -0.462 e. The van der Waals surface area contributed by atoms with Gasteiger partial charge in [-0.3, -0.25) is 4.79 Å². The second kappa shape index (κ2) is 7.53. The maximum absolute atomic E-state index is 12.3. The van der Waals surface area contributed by atoms with E-state index in [-0.39, 0.29) is 17.6 Å². The van der Waals surface area contributed by atoms with Crippen LogP contribution in [0.3, 0.4) is 0 Å². The van der Waals surface area contributed by atoms with Crippen molar-refractivity contribution in [1.29, 1.82) is 0 Å². The maximum Gasteiger partial charge on any atom is 0.340 e. The predicted octanol–water partition coefficient (Wildman–Crippen LogP) is 2.96. The van der Waals surface area contributed by atoms with Gasteiger partial charge in [0.15, 0.2) is 0 Å². The summed E-state index contributed by atoms with van der Waals surface area (Å²) < 4.78 is 6.83. The number of carbonyl (C=O) groups excluding carboxylic acids is 1. The number of nitrogens with zero attached hydrogens (tertiary/aromatic N) is 1. The Kier molecular flexibility index (Phi) is 6.33. The van der Waals surface area contributed by atoms with Crippen molar-refractivity contribution in [3.05, 3.63) is 33.2 Å². The highest BCUT2D eigenvalue weighted by Gasteiger charge is 2.21. The van der Waals surface area contributed by atoms with E-state index in [2.05, 4.69) is 6.92 Å². The summed E-state index contributed by atoms with van der Waals surface area (Å²) >= 11 is 1.70. The molecule has 0 saturated carbocycles. The molecule has 1 aromatic heterocycles. The van der Waals surface area contributed by atoms with Crippen molar-refractivity contribution in [3.8, 4) is 0 Å². The van der Waals surface area contributed by atoms with E-state index in [0.29, 0.717) is 23.4 Å². The Morgan fingerprint density at radius 3 is 2.55 bits per heavy atom. The Bertz CT molecular complexity index is 537. The average Bonchev–Trinajstić information content (AvgIpc) is 2.37. The van der Waals surface area contributed by atoms with Gasteiger partial charge in [-0.15, -0.1) is 0 Å². The number of thioether (sulfide) groups is 1. The van der Waals surface area contributed by atoms with Crippen molar-refractivity contribution in [2.45, 2.75) is 40.2 Å². The molecule has 1 unspecified atom stereocenters. The van der Waals surface area contributed by atoms with Crippen LogP contribution in [0.25, 0.3) is 0 Å². The number of pyridine rings is 1. The van der Waals surface area contributed by atoms with Crippen LogP contribution < -0.4 is 5.56 Å². The Morgan fingerprint density at radius 2 is 2.05 bits per heavy atom. The molecule has 1 heterocycles. The van der Waals surface area contributed by atoms with Gasteiger partial charge in [-0.25, -0.2) is 4.79 Å². The van der Waals surface area contributed by atoms with Gasteiger partial charge in [0.2, 0.25) is 0 Å². The van der Waals surface area contributed by atoms with Gasteiger partial charge < -0.3 is 9.30 Å². The third-order valence-corrected chi connectivity index (χ3v) is 4.09. The summed E-state index contributed by atoms with van der Waals surface area (Å²) in [6.07, 6.45) is 2.87. The van der Waals surface area contributed by atoms with E-state index in [0.717, 1.165) is 12.2 Å². The third kappa shape index (κ3) is 3.45. The van der Waals surface area contributed by atoms with Crippen molar-refractivity contribution in [3.63, 3.8) is 0 Å². The summed E-state index contributed by atoms with van der Waals surface area (Å²) in [5.74, 6) is 0.498. The zero-order valence-electron chi connectivity index (χ0n) is 12.9. The molecule has 1 aromatic rings. The van der Waals surface area contributed by atoms with Gasteiger partial charge in [0.25, 0.3) is 5.56 Å². The Labute approximate surface area is 124 Å². The summed E-state index contributed by atoms with van der Waals surface area (Å²) in [5.41, 5.74) is 1.86. The number of aromatic nitrogens is 1. The highest BCUT2D eigenvalue weighted by molar-refractivity contribution is 7.98. The van der Waals surface area contributed by atoms with E-state index in [9.17, 15) is 9.59 Å². The van der Waals surface area contributed by atoms with E-state index in [4.69, 9.17) is 4.74 Å². The predicted molar refractivity (Wildman–Crippen MR) is 83.8 cm³/mol. The minimum atomic E-state index is -0.352. The smallest absolute Gasteiger partial charge is 0.340 e. The second-order valence-corrected chi connectivity index (χ2v) is 5.64. The van der Waals surface area contributed by atoms with Crippen molar-refractivity contribution < 1.29 is 9.53 Å². The summed E-state index contributed by atoms with van der Waals surface area (Å²) in [6.45, 7) is 7.76. The second-order valence-electron chi connectivity index (χ2n) is 4.73. The van der Waals surface area contributed by atoms with Gasteiger partial charge in [0, 0.05) is 23.6 Å². The zero-order chi connectivity index (χ0) is 15.3. The summed E-state index contributed by atoms with van der Waals surface area (Å²) in [4.78, 5) is 24.3. The number of esters is 1. The van der Waals surface area contributed by atoms with Crippen LogP contribution in [0.2, 0.25) is 0 Å². The fourth-order valence-corrected chi connectivity index (χ4v) is 3.20. The molecule has 112 valence electrons. The molecule has 0 spiro atoms. The molecule has 0 aliphatic heterocycles. The highest BCUT2D eigenvalue weighted by Crippen LogP contribution is 2.20. The van der Waals surface area contributed by atoms with Crippen LogP contribution in [-0.2, 0) is 4.74 Å². The standard InChI is InChI=1S/C15H23NO3S/c1-6-12(9-20-5)16-11(4)14(15(18)19-7-2)10(3)8-13(16)17/h8,12H,6-7,9H2,1-5H3. The number of hydrogen-bond acceptors (Lipinski definition) is 4. The first-order valence-electron chi connectivity index (χ1n) is 6.86. The van der Waals surface area contributed by atoms with Crippen LogP contribution in [0.15, 0.2) is 10.9 Å². The van der Waals surface area contributed by atoms with E-state index < -0.39 is 0 Å². The van der Waals surface area contributed by atoms with Crippen molar-refractivity contribution in [1.82, 2.24) is 4.57 Å². The molecule has 0 saturated heterocycles. The molecule has 5 heteroatoms. The largest absolute Gasteiger partial charge is 0.462 e. The molecule has 0 amide bonds. The average molecular weight is 297 g/mol. The summed E-state index contributed by atoms with van der Waals surface area (Å²) in [7, 11) is 0. The Hall–Kier alpha value is -1.23. The first-order valence-corrected chi connectivity index (χ1v) is 8.26. The third-order valence-electron chi connectivity index (χ3n) is 3.37. The fourth-order valence-electron chi connectivity index (χ4n) is 2.43. The quantitative estimate of drug-likeness (QED) is 0.757. The van der Waals surface area contributed by atoms with Gasteiger partial charge in [-0.1, -0.05) is 6.92 Å². The molecule has 4 nitrogen and oxygen atoms in total. The van der Waals surface area contributed by atoms with Crippen molar-refractivity contribution in [2.24, 2.45) is 0 Å². The lowest BCUT2D eigenvalue weighted by Gasteiger charge is -2.22. The molecule has 1 atom stereocenters. The summed E-state index contributed by atoms with van der Waals surface area (Å²) in [6, 6.07) is 1.63. The molecule has 0 aliphatic rings. The topological polar surface area (TPSA) is 48.3 Å². The lowest BCUT2D eigenvalue weighted by atomic mass is 10.1. The molecule has 0 aromatic carbocycles. The Balaban J connectivity index is 3.42. The van der Waals surface area contributed by atoms with Gasteiger partial charge >= 0.3 is 5.97 Å². The lowest BCUT2D eigenvalue weighted by molar-refractivity contribution is 0.0523. The van der Waals surface area contributed by atoms with Gasteiger partial charge in [-0.2, -0.15) is 11.8 Å². The normalized spacial score (nSPS) is 12.2. The maximum atomic E-state index is 12.3. The monoisotopic (exact) mass is 297 g/mol. The van der Waals surface area contributed by atoms with E-state index in [1.807, 2.05) is 13.2 Å². The first kappa shape index (κ1) is 16.8. The van der Waals surface area contributed by atoms with Crippen LogP contribution in [0, 0.1) is 13.8 Å². The highest BCUT2D eigenvalue weighted by atomic mass is 32.2. The van der Waals surface area contributed by atoms with Gasteiger partial charge in [0.05, 0.1) is 12.2 Å². The van der Waals surface area contributed by atoms with Crippen molar-refractivity contribution in [2.75, 3.05) is 18.6 Å². The number of rotatable bonds is 6. The molecule has 20 heavy (non-hydrogen) atoms. The molecule has 0 bridgehead atoms. The molecule has 1 rings (SSSR count). The van der Waals surface area contributed by atoms with Gasteiger partial charge in [-0.05, 0) is 39.0 Å². The molecule has 0 N–H and O–H groups in total.